The molecule has 3 N–H and O–H groups in total. The first-order valence-electron chi connectivity index (χ1n) is 6.50. The molecule has 2 rings (SSSR count). The van der Waals surface area contributed by atoms with Crippen LogP contribution in [0.4, 0.5) is 0 Å². The van der Waals surface area contributed by atoms with Gasteiger partial charge in [-0.3, -0.25) is 0 Å². The van der Waals surface area contributed by atoms with E-state index in [2.05, 4.69) is 40.3 Å². The lowest BCUT2D eigenvalue weighted by Gasteiger charge is -2.21. The fourth-order valence-electron chi connectivity index (χ4n) is 2.23. The molecule has 3 nitrogen and oxygen atoms in total. The number of nitrogens with one attached hydrogen (secondary N) is 1. The van der Waals surface area contributed by atoms with E-state index >= 15 is 0 Å². The first-order valence-corrected chi connectivity index (χ1v) is 7.30. The molecule has 0 aromatic heterocycles. The van der Waals surface area contributed by atoms with Gasteiger partial charge >= 0.3 is 0 Å². The molecule has 2 atom stereocenters. The number of halogens is 1. The second-order valence-corrected chi connectivity index (χ2v) is 5.82. The van der Waals surface area contributed by atoms with Gasteiger partial charge in [0.05, 0.1) is 0 Å². The molecule has 0 bridgehead atoms. The Morgan fingerprint density at radius 2 is 1.75 bits per heavy atom. The lowest BCUT2D eigenvalue weighted by Crippen LogP contribution is -2.22. The molecule has 0 saturated heterocycles. The Labute approximate surface area is 127 Å². The summed E-state index contributed by atoms with van der Waals surface area (Å²) in [5.74, 6) is 0.339. The van der Waals surface area contributed by atoms with E-state index in [0.717, 1.165) is 10.0 Å². The number of phenolic OH excluding ortho intramolecular Hbond substituents is 2. The first kappa shape index (κ1) is 14.9. The first-order chi connectivity index (χ1) is 9.47. The lowest BCUT2D eigenvalue weighted by molar-refractivity contribution is 0.429. The molecule has 20 heavy (non-hydrogen) atoms. The fourth-order valence-corrected chi connectivity index (χ4v) is 2.64. The van der Waals surface area contributed by atoms with E-state index in [9.17, 15) is 10.2 Å². The third-order valence-electron chi connectivity index (χ3n) is 3.33. The van der Waals surface area contributed by atoms with Gasteiger partial charge in [0, 0.05) is 22.1 Å². The maximum atomic E-state index is 9.87. The predicted molar refractivity (Wildman–Crippen MR) is 83.9 cm³/mol. The highest BCUT2D eigenvalue weighted by Gasteiger charge is 2.15. The standard InChI is InChI=1S/C16H18BrNO2/c1-10(12-4-3-5-13(17)8-12)18-11(2)15-9-14(19)6-7-16(15)20/h3-11,18-20H,1-2H3/t10-,11?/m1/s1. The molecule has 0 aliphatic heterocycles. The van der Waals surface area contributed by atoms with Gasteiger partial charge in [-0.05, 0) is 49.7 Å². The van der Waals surface area contributed by atoms with Gasteiger partial charge in [-0.15, -0.1) is 0 Å². The van der Waals surface area contributed by atoms with Crippen LogP contribution in [0.25, 0.3) is 0 Å². The van der Waals surface area contributed by atoms with Crippen molar-refractivity contribution >= 4 is 15.9 Å². The van der Waals surface area contributed by atoms with E-state index in [1.165, 1.54) is 12.1 Å². The molecule has 0 saturated carbocycles. The van der Waals surface area contributed by atoms with Gasteiger partial charge in [-0.25, -0.2) is 0 Å². The third-order valence-corrected chi connectivity index (χ3v) is 3.82. The van der Waals surface area contributed by atoms with Crippen molar-refractivity contribution in [2.75, 3.05) is 0 Å². The molecule has 0 heterocycles. The zero-order valence-corrected chi connectivity index (χ0v) is 13.1. The Balaban J connectivity index is 2.15. The minimum atomic E-state index is -0.0731. The second-order valence-electron chi connectivity index (χ2n) is 4.91. The number of phenols is 2. The molecule has 0 amide bonds. The van der Waals surface area contributed by atoms with Crippen LogP contribution in [-0.4, -0.2) is 10.2 Å². The highest BCUT2D eigenvalue weighted by molar-refractivity contribution is 9.10. The van der Waals surface area contributed by atoms with Crippen LogP contribution in [0.2, 0.25) is 0 Å². The number of hydrogen-bond acceptors (Lipinski definition) is 3. The summed E-state index contributed by atoms with van der Waals surface area (Å²) in [6.07, 6.45) is 0. The second kappa shape index (κ2) is 6.29. The minimum absolute atomic E-state index is 0.0731. The van der Waals surface area contributed by atoms with Gasteiger partial charge in [-0.2, -0.15) is 0 Å². The van der Waals surface area contributed by atoms with Crippen molar-refractivity contribution in [1.82, 2.24) is 5.32 Å². The predicted octanol–water partition coefficient (Wildman–Crippen LogP) is 4.27. The van der Waals surface area contributed by atoms with Gasteiger partial charge in [0.2, 0.25) is 0 Å². The van der Waals surface area contributed by atoms with Gasteiger partial charge in [0.25, 0.3) is 0 Å². The summed E-state index contributed by atoms with van der Waals surface area (Å²) in [7, 11) is 0. The van der Waals surface area contributed by atoms with E-state index in [1.807, 2.05) is 19.1 Å². The number of rotatable bonds is 4. The quantitative estimate of drug-likeness (QED) is 0.731. The van der Waals surface area contributed by atoms with Gasteiger partial charge in [0.1, 0.15) is 11.5 Å². The fraction of sp³-hybridized carbons (Fsp3) is 0.250. The lowest BCUT2D eigenvalue weighted by atomic mass is 10.0. The topological polar surface area (TPSA) is 52.5 Å². The maximum Gasteiger partial charge on any atom is 0.120 e. The minimum Gasteiger partial charge on any atom is -0.508 e. The zero-order valence-electron chi connectivity index (χ0n) is 11.5. The highest BCUT2D eigenvalue weighted by Crippen LogP contribution is 2.29. The molecule has 4 heteroatoms. The van der Waals surface area contributed by atoms with Crippen molar-refractivity contribution in [2.45, 2.75) is 25.9 Å². The Kier molecular flexibility index (Phi) is 4.68. The van der Waals surface area contributed by atoms with Gasteiger partial charge in [-0.1, -0.05) is 28.1 Å². The van der Waals surface area contributed by atoms with Crippen LogP contribution in [0.15, 0.2) is 46.9 Å². The van der Waals surface area contributed by atoms with Crippen molar-refractivity contribution in [3.05, 3.63) is 58.1 Å². The number of aromatic hydroxyl groups is 2. The number of benzene rings is 2. The van der Waals surface area contributed by atoms with Crippen LogP contribution in [0, 0.1) is 0 Å². The molecular weight excluding hydrogens is 318 g/mol. The maximum absolute atomic E-state index is 9.87. The molecule has 1 unspecified atom stereocenters. The Hall–Kier alpha value is -1.52. The SMILES string of the molecule is CC(N[C@H](C)c1cccc(Br)c1)c1cc(O)ccc1O. The normalized spacial score (nSPS) is 13.9. The van der Waals surface area contributed by atoms with E-state index in [4.69, 9.17) is 0 Å². The molecule has 2 aromatic carbocycles. The largest absolute Gasteiger partial charge is 0.508 e. The van der Waals surface area contributed by atoms with Crippen molar-refractivity contribution in [1.29, 1.82) is 0 Å². The number of hydrogen-bond donors (Lipinski definition) is 3. The van der Waals surface area contributed by atoms with E-state index in [1.54, 1.807) is 6.07 Å². The summed E-state index contributed by atoms with van der Waals surface area (Å²) < 4.78 is 1.04. The average molecular weight is 336 g/mol. The van der Waals surface area contributed by atoms with E-state index in [-0.39, 0.29) is 23.6 Å². The molecule has 0 spiro atoms. The van der Waals surface area contributed by atoms with E-state index < -0.39 is 0 Å². The van der Waals surface area contributed by atoms with Crippen LogP contribution in [-0.2, 0) is 0 Å². The summed E-state index contributed by atoms with van der Waals surface area (Å²) in [6.45, 7) is 4.03. The summed E-state index contributed by atoms with van der Waals surface area (Å²) in [4.78, 5) is 0. The summed E-state index contributed by atoms with van der Waals surface area (Å²) in [5, 5.41) is 22.8. The molecule has 2 aromatic rings. The molecule has 0 radical (unpaired) electrons. The monoisotopic (exact) mass is 335 g/mol. The van der Waals surface area contributed by atoms with Crippen LogP contribution in [0.5, 0.6) is 11.5 Å². The average Bonchev–Trinajstić information content (AvgIpc) is 2.41. The molecule has 106 valence electrons. The highest BCUT2D eigenvalue weighted by atomic mass is 79.9. The van der Waals surface area contributed by atoms with E-state index in [0.29, 0.717) is 5.56 Å². The van der Waals surface area contributed by atoms with Crippen molar-refractivity contribution in [3.63, 3.8) is 0 Å². The zero-order chi connectivity index (χ0) is 14.7. The molecule has 0 fully saturated rings. The smallest absolute Gasteiger partial charge is 0.120 e. The molecule has 0 aliphatic carbocycles. The van der Waals surface area contributed by atoms with Crippen LogP contribution in [0.1, 0.15) is 37.1 Å². The summed E-state index contributed by atoms with van der Waals surface area (Å²) >= 11 is 3.46. The van der Waals surface area contributed by atoms with Gasteiger partial charge in [0.15, 0.2) is 0 Å². The van der Waals surface area contributed by atoms with Crippen LogP contribution in [0.3, 0.4) is 0 Å². The Bertz CT molecular complexity index is 601. The summed E-state index contributed by atoms with van der Waals surface area (Å²) in [6, 6.07) is 12.7. The van der Waals surface area contributed by atoms with Crippen molar-refractivity contribution in [2.24, 2.45) is 0 Å². The van der Waals surface area contributed by atoms with Crippen molar-refractivity contribution < 1.29 is 10.2 Å². The Morgan fingerprint density at radius 1 is 1.00 bits per heavy atom. The molecular formula is C16H18BrNO2. The van der Waals surface area contributed by atoms with Crippen molar-refractivity contribution in [3.8, 4) is 11.5 Å². The Morgan fingerprint density at radius 3 is 2.45 bits per heavy atom. The molecule has 0 aliphatic rings. The summed E-state index contributed by atoms with van der Waals surface area (Å²) in [5.41, 5.74) is 1.85. The van der Waals surface area contributed by atoms with Crippen LogP contribution >= 0.6 is 15.9 Å². The van der Waals surface area contributed by atoms with Crippen LogP contribution < -0.4 is 5.32 Å². The van der Waals surface area contributed by atoms with Gasteiger partial charge < -0.3 is 15.5 Å². The third kappa shape index (κ3) is 3.52.